The molecule has 2 aromatic rings. The van der Waals surface area contributed by atoms with E-state index in [-0.39, 0.29) is 17.6 Å². The Labute approximate surface area is 162 Å². The van der Waals surface area contributed by atoms with E-state index in [2.05, 4.69) is 10.6 Å². The Hall–Kier alpha value is -2.12. The normalized spacial score (nSPS) is 17.9. The summed E-state index contributed by atoms with van der Waals surface area (Å²) in [4.78, 5) is 27.7. The summed E-state index contributed by atoms with van der Waals surface area (Å²) in [5.74, 6) is 0.905. The van der Waals surface area contributed by atoms with E-state index >= 15 is 0 Å². The summed E-state index contributed by atoms with van der Waals surface area (Å²) >= 11 is 1.33. The highest BCUT2D eigenvalue weighted by atomic mass is 32.1. The first-order valence-corrected chi connectivity index (χ1v) is 10.4. The number of anilines is 1. The minimum atomic E-state index is -0.303. The molecule has 3 heterocycles. The molecule has 27 heavy (non-hydrogen) atoms. The van der Waals surface area contributed by atoms with E-state index in [1.165, 1.54) is 30.4 Å². The summed E-state index contributed by atoms with van der Waals surface area (Å²) in [5.41, 5.74) is 0.897. The lowest BCUT2D eigenvalue weighted by atomic mass is 10.0. The monoisotopic (exact) mass is 387 g/mol. The van der Waals surface area contributed by atoms with Gasteiger partial charge in [0.1, 0.15) is 0 Å². The van der Waals surface area contributed by atoms with Crippen LogP contribution in [0.15, 0.2) is 28.9 Å². The van der Waals surface area contributed by atoms with Crippen molar-refractivity contribution in [1.29, 1.82) is 0 Å². The zero-order valence-electron chi connectivity index (χ0n) is 15.5. The number of aryl methyl sites for hydroxylation is 1. The quantitative estimate of drug-likeness (QED) is 0.795. The highest BCUT2D eigenvalue weighted by Gasteiger charge is 2.28. The minimum absolute atomic E-state index is 0.0663. The Kier molecular flexibility index (Phi) is 5.31. The van der Waals surface area contributed by atoms with Gasteiger partial charge in [0.05, 0.1) is 16.1 Å². The summed E-state index contributed by atoms with van der Waals surface area (Å²) in [6.07, 6.45) is 6.20. The maximum absolute atomic E-state index is 12.9. The molecule has 0 unspecified atom stereocenters. The highest BCUT2D eigenvalue weighted by molar-refractivity contribution is 7.18. The molecule has 2 aromatic heterocycles. The van der Waals surface area contributed by atoms with Crippen LogP contribution < -0.4 is 10.6 Å². The van der Waals surface area contributed by atoms with Crippen molar-refractivity contribution >= 4 is 28.2 Å². The molecule has 0 bridgehead atoms. The van der Waals surface area contributed by atoms with Crippen molar-refractivity contribution in [1.82, 2.24) is 10.2 Å². The number of hydrogen-bond donors (Lipinski definition) is 2. The van der Waals surface area contributed by atoms with Gasteiger partial charge in [-0.25, -0.2) is 0 Å². The Bertz CT molecular complexity index is 803. The summed E-state index contributed by atoms with van der Waals surface area (Å²) in [5, 5.41) is 7.12. The van der Waals surface area contributed by atoms with Crippen molar-refractivity contribution < 1.29 is 14.0 Å². The van der Waals surface area contributed by atoms with Crippen LogP contribution in [0.25, 0.3) is 0 Å². The molecule has 0 spiro atoms. The number of nitrogens with zero attached hydrogens (tertiary/aromatic N) is 1. The van der Waals surface area contributed by atoms with Crippen molar-refractivity contribution in [2.45, 2.75) is 38.6 Å². The first-order valence-electron chi connectivity index (χ1n) is 9.58. The topological polar surface area (TPSA) is 74.6 Å². The summed E-state index contributed by atoms with van der Waals surface area (Å²) in [6, 6.07) is 5.67. The summed E-state index contributed by atoms with van der Waals surface area (Å²) < 4.78 is 5.11. The molecule has 6 nitrogen and oxygen atoms in total. The Morgan fingerprint density at radius 3 is 2.70 bits per heavy atom. The number of carbonyl (C=O) groups is 2. The smallest absolute Gasteiger partial charge is 0.291 e. The fraction of sp³-hybridized carbons (Fsp3) is 0.500. The van der Waals surface area contributed by atoms with E-state index < -0.39 is 0 Å². The van der Waals surface area contributed by atoms with Gasteiger partial charge in [-0.3, -0.25) is 9.59 Å². The van der Waals surface area contributed by atoms with Crippen molar-refractivity contribution in [3.63, 3.8) is 0 Å². The average Bonchev–Trinajstić information content (AvgIpc) is 3.19. The van der Waals surface area contributed by atoms with E-state index in [0.29, 0.717) is 15.9 Å². The molecule has 2 aliphatic rings. The number of rotatable bonds is 6. The van der Waals surface area contributed by atoms with Gasteiger partial charge in [-0.15, -0.1) is 11.3 Å². The van der Waals surface area contributed by atoms with Crippen molar-refractivity contribution in [3.05, 3.63) is 40.7 Å². The predicted octanol–water partition coefficient (Wildman–Crippen LogP) is 3.51. The van der Waals surface area contributed by atoms with Gasteiger partial charge in [0, 0.05) is 19.1 Å². The van der Waals surface area contributed by atoms with E-state index in [4.69, 9.17) is 4.42 Å². The van der Waals surface area contributed by atoms with Crippen molar-refractivity contribution in [3.8, 4) is 0 Å². The average molecular weight is 388 g/mol. The third-order valence-electron chi connectivity index (χ3n) is 5.27. The summed E-state index contributed by atoms with van der Waals surface area (Å²) in [6.45, 7) is 4.61. The van der Waals surface area contributed by atoms with Gasteiger partial charge >= 0.3 is 0 Å². The molecule has 1 saturated carbocycles. The van der Waals surface area contributed by atoms with Crippen LogP contribution in [0.3, 0.4) is 0 Å². The third-order valence-corrected chi connectivity index (χ3v) is 6.41. The van der Waals surface area contributed by atoms with Gasteiger partial charge in [0.15, 0.2) is 5.76 Å². The van der Waals surface area contributed by atoms with Crippen LogP contribution in [-0.2, 0) is 0 Å². The van der Waals surface area contributed by atoms with Gasteiger partial charge in [-0.2, -0.15) is 0 Å². The maximum Gasteiger partial charge on any atom is 0.291 e. The van der Waals surface area contributed by atoms with Gasteiger partial charge in [-0.1, -0.05) is 0 Å². The molecule has 1 aliphatic heterocycles. The highest BCUT2D eigenvalue weighted by Crippen LogP contribution is 2.30. The van der Waals surface area contributed by atoms with E-state index in [1.807, 2.05) is 17.9 Å². The molecule has 0 radical (unpaired) electrons. The molecule has 2 fully saturated rings. The van der Waals surface area contributed by atoms with E-state index in [1.54, 1.807) is 12.1 Å². The second-order valence-corrected chi connectivity index (χ2v) is 8.52. The minimum Gasteiger partial charge on any atom is -0.459 e. The largest absolute Gasteiger partial charge is 0.459 e. The Morgan fingerprint density at radius 1 is 1.26 bits per heavy atom. The van der Waals surface area contributed by atoms with Gasteiger partial charge in [0.25, 0.3) is 11.8 Å². The zero-order chi connectivity index (χ0) is 18.8. The van der Waals surface area contributed by atoms with Crippen LogP contribution in [-0.4, -0.2) is 42.4 Å². The lowest BCUT2D eigenvalue weighted by molar-refractivity contribution is 0.0709. The fourth-order valence-electron chi connectivity index (χ4n) is 3.42. The Morgan fingerprint density at radius 2 is 2.04 bits per heavy atom. The molecule has 144 valence electrons. The first kappa shape index (κ1) is 18.3. The second kappa shape index (κ2) is 7.86. The lowest BCUT2D eigenvalue weighted by Gasteiger charge is -2.32. The predicted molar refractivity (Wildman–Crippen MR) is 105 cm³/mol. The first-order chi connectivity index (χ1) is 13.1. The van der Waals surface area contributed by atoms with Crippen LogP contribution in [0.1, 0.15) is 51.5 Å². The molecule has 1 saturated heterocycles. The number of furan rings is 1. The van der Waals surface area contributed by atoms with E-state index in [0.717, 1.165) is 44.0 Å². The van der Waals surface area contributed by atoms with Gasteiger partial charge in [0.2, 0.25) is 0 Å². The molecule has 7 heteroatoms. The van der Waals surface area contributed by atoms with Crippen LogP contribution >= 0.6 is 11.3 Å². The number of thiophene rings is 1. The van der Waals surface area contributed by atoms with Crippen molar-refractivity contribution in [2.24, 2.45) is 5.92 Å². The van der Waals surface area contributed by atoms with Crippen molar-refractivity contribution in [2.75, 3.05) is 25.0 Å². The molecule has 4 rings (SSSR count). The van der Waals surface area contributed by atoms with Gasteiger partial charge < -0.3 is 20.0 Å². The van der Waals surface area contributed by atoms with E-state index in [9.17, 15) is 9.59 Å². The van der Waals surface area contributed by atoms with Crippen LogP contribution in [0.4, 0.5) is 5.00 Å². The van der Waals surface area contributed by atoms with Crippen LogP contribution in [0, 0.1) is 12.8 Å². The third kappa shape index (κ3) is 4.42. The molecule has 2 amide bonds. The van der Waals surface area contributed by atoms with Crippen LogP contribution in [0.2, 0.25) is 0 Å². The summed E-state index contributed by atoms with van der Waals surface area (Å²) in [7, 11) is 0. The lowest BCUT2D eigenvalue weighted by Crippen LogP contribution is -2.45. The molecule has 2 N–H and O–H groups in total. The second-order valence-electron chi connectivity index (χ2n) is 7.47. The number of carbonyl (C=O) groups excluding carboxylic acids is 2. The fourth-order valence-corrected chi connectivity index (χ4v) is 4.46. The number of nitrogens with one attached hydrogen (secondary N) is 2. The standard InChI is InChI=1S/C20H25N3O3S/c1-13-11-17(22-19(24)16-3-2-10-26-16)27-18(13)20(25)23-8-6-15(7-9-23)21-12-14-4-5-14/h2-3,10-11,14-15,21H,4-9,12H2,1H3,(H,22,24). The molecule has 0 aromatic carbocycles. The molecular weight excluding hydrogens is 362 g/mol. The number of likely N-dealkylation sites (tertiary alicyclic amines) is 1. The molecule has 0 atom stereocenters. The van der Waals surface area contributed by atoms with Gasteiger partial charge in [-0.05, 0) is 68.8 Å². The molecule has 1 aliphatic carbocycles. The zero-order valence-corrected chi connectivity index (χ0v) is 16.3. The van der Waals surface area contributed by atoms with Crippen LogP contribution in [0.5, 0.6) is 0 Å². The Balaban J connectivity index is 1.33. The maximum atomic E-state index is 12.9. The number of amides is 2. The SMILES string of the molecule is Cc1cc(NC(=O)c2ccco2)sc1C(=O)N1CCC(NCC2CC2)CC1. The number of piperidine rings is 1. The molecular formula is C20H25N3O3S. The number of hydrogen-bond acceptors (Lipinski definition) is 5.